The van der Waals surface area contributed by atoms with Crippen LogP contribution < -0.4 is 10.6 Å². The predicted octanol–water partition coefficient (Wildman–Crippen LogP) is 2.47. The maximum atomic E-state index is 11.8. The Morgan fingerprint density at radius 1 is 1.32 bits per heavy atom. The Hall–Kier alpha value is -1.85. The van der Waals surface area contributed by atoms with Crippen molar-refractivity contribution in [2.45, 2.75) is 20.4 Å². The van der Waals surface area contributed by atoms with Crippen molar-refractivity contribution in [3.8, 4) is 0 Å². The van der Waals surface area contributed by atoms with Crippen LogP contribution in [0.3, 0.4) is 0 Å². The molecule has 1 aromatic heterocycles. The smallest absolute Gasteiger partial charge is 0.238 e. The van der Waals surface area contributed by atoms with Gasteiger partial charge in [0.05, 0.1) is 13.2 Å². The topological polar surface area (TPSA) is 55.3 Å². The fourth-order valence-corrected chi connectivity index (χ4v) is 2.41. The van der Waals surface area contributed by atoms with E-state index in [1.54, 1.807) is 7.11 Å². The Morgan fingerprint density at radius 2 is 2.14 bits per heavy atom. The molecule has 1 aromatic carbocycles. The van der Waals surface area contributed by atoms with Crippen LogP contribution >= 0.6 is 0 Å². The number of carbonyl (C=O) groups excluding carboxylic acids is 1. The van der Waals surface area contributed by atoms with Gasteiger partial charge in [0.15, 0.2) is 0 Å². The summed E-state index contributed by atoms with van der Waals surface area (Å²) in [6.45, 7) is 6.96. The molecule has 0 bridgehead atoms. The number of rotatable bonds is 8. The molecule has 5 heteroatoms. The molecule has 2 rings (SSSR count). The zero-order valence-corrected chi connectivity index (χ0v) is 13.6. The summed E-state index contributed by atoms with van der Waals surface area (Å²) in [5.74, 6) is 0.560. The van der Waals surface area contributed by atoms with Gasteiger partial charge < -0.3 is 19.9 Å². The molecule has 0 saturated carbocycles. The van der Waals surface area contributed by atoms with Crippen LogP contribution in [0, 0.1) is 5.92 Å². The highest BCUT2D eigenvalue weighted by Gasteiger charge is 2.06. The number of nitrogens with one attached hydrogen (secondary N) is 2. The van der Waals surface area contributed by atoms with Gasteiger partial charge in [-0.25, -0.2) is 0 Å². The van der Waals surface area contributed by atoms with Crippen molar-refractivity contribution in [2.75, 3.05) is 32.1 Å². The van der Waals surface area contributed by atoms with Gasteiger partial charge >= 0.3 is 0 Å². The first-order chi connectivity index (χ1) is 10.6. The molecule has 0 unspecified atom stereocenters. The third-order valence-corrected chi connectivity index (χ3v) is 3.39. The van der Waals surface area contributed by atoms with Crippen molar-refractivity contribution in [3.05, 3.63) is 30.5 Å². The van der Waals surface area contributed by atoms with E-state index in [-0.39, 0.29) is 12.5 Å². The molecule has 0 atom stereocenters. The second-order valence-electron chi connectivity index (χ2n) is 5.85. The third-order valence-electron chi connectivity index (χ3n) is 3.39. The van der Waals surface area contributed by atoms with E-state index in [0.29, 0.717) is 19.1 Å². The van der Waals surface area contributed by atoms with Gasteiger partial charge in [-0.05, 0) is 30.2 Å². The molecule has 0 fully saturated rings. The number of hydrogen-bond acceptors (Lipinski definition) is 3. The van der Waals surface area contributed by atoms with Gasteiger partial charge in [0.25, 0.3) is 0 Å². The Balaban J connectivity index is 1.96. The monoisotopic (exact) mass is 303 g/mol. The zero-order valence-electron chi connectivity index (χ0n) is 13.6. The Labute approximate surface area is 131 Å². The van der Waals surface area contributed by atoms with Crippen LogP contribution in [0.25, 0.3) is 10.9 Å². The Bertz CT molecular complexity index is 619. The lowest BCUT2D eigenvalue weighted by Gasteiger charge is -2.09. The molecule has 0 aliphatic heterocycles. The molecule has 1 amide bonds. The second-order valence-corrected chi connectivity index (χ2v) is 5.85. The van der Waals surface area contributed by atoms with Crippen LogP contribution in [-0.2, 0) is 16.1 Å². The molecule has 0 aliphatic rings. The Kier molecular flexibility index (Phi) is 5.98. The number of nitrogens with zero attached hydrogens (tertiary/aromatic N) is 1. The van der Waals surface area contributed by atoms with E-state index in [2.05, 4.69) is 47.4 Å². The molecular formula is C17H25N3O2. The maximum Gasteiger partial charge on any atom is 0.238 e. The number of benzene rings is 1. The summed E-state index contributed by atoms with van der Waals surface area (Å²) in [4.78, 5) is 11.8. The van der Waals surface area contributed by atoms with Crippen LogP contribution in [0.2, 0.25) is 0 Å². The first kappa shape index (κ1) is 16.5. The molecule has 0 radical (unpaired) electrons. The quantitative estimate of drug-likeness (QED) is 0.737. The van der Waals surface area contributed by atoms with Gasteiger partial charge in [-0.2, -0.15) is 0 Å². The third kappa shape index (κ3) is 4.58. The molecule has 0 saturated heterocycles. The fourth-order valence-electron chi connectivity index (χ4n) is 2.41. The average molecular weight is 303 g/mol. The van der Waals surface area contributed by atoms with E-state index in [0.717, 1.165) is 17.6 Å². The van der Waals surface area contributed by atoms with Crippen LogP contribution in [0.5, 0.6) is 0 Å². The number of fused-ring (bicyclic) bond motifs is 1. The van der Waals surface area contributed by atoms with Gasteiger partial charge in [0, 0.05) is 43.0 Å². The minimum Gasteiger partial charge on any atom is -0.383 e. The number of amides is 1. The van der Waals surface area contributed by atoms with E-state index < -0.39 is 0 Å². The minimum atomic E-state index is -0.0444. The van der Waals surface area contributed by atoms with Gasteiger partial charge in [-0.1, -0.05) is 13.8 Å². The highest BCUT2D eigenvalue weighted by atomic mass is 16.5. The van der Waals surface area contributed by atoms with Crippen molar-refractivity contribution in [1.82, 2.24) is 9.88 Å². The van der Waals surface area contributed by atoms with Crippen molar-refractivity contribution in [1.29, 1.82) is 0 Å². The lowest BCUT2D eigenvalue weighted by atomic mass is 10.2. The van der Waals surface area contributed by atoms with Gasteiger partial charge in [-0.3, -0.25) is 4.79 Å². The first-order valence-electron chi connectivity index (χ1n) is 7.68. The SMILES string of the molecule is COCCNCC(=O)Nc1ccc2c(ccn2CC(C)C)c1. The number of hydrogen-bond donors (Lipinski definition) is 2. The van der Waals surface area contributed by atoms with Gasteiger partial charge in [0.1, 0.15) is 0 Å². The first-order valence-corrected chi connectivity index (χ1v) is 7.68. The lowest BCUT2D eigenvalue weighted by molar-refractivity contribution is -0.115. The molecule has 2 N–H and O–H groups in total. The molecule has 5 nitrogen and oxygen atoms in total. The fraction of sp³-hybridized carbons (Fsp3) is 0.471. The summed E-state index contributed by atoms with van der Waals surface area (Å²) in [5.41, 5.74) is 2.03. The van der Waals surface area contributed by atoms with Crippen LogP contribution in [0.4, 0.5) is 5.69 Å². The van der Waals surface area contributed by atoms with E-state index in [4.69, 9.17) is 4.74 Å². The maximum absolute atomic E-state index is 11.8. The Morgan fingerprint density at radius 3 is 2.86 bits per heavy atom. The largest absolute Gasteiger partial charge is 0.383 e. The summed E-state index contributed by atoms with van der Waals surface area (Å²) < 4.78 is 7.17. The van der Waals surface area contributed by atoms with Crippen molar-refractivity contribution < 1.29 is 9.53 Å². The van der Waals surface area contributed by atoms with Crippen LogP contribution in [-0.4, -0.2) is 37.3 Å². The van der Waals surface area contributed by atoms with E-state index in [1.807, 2.05) is 12.1 Å². The van der Waals surface area contributed by atoms with Gasteiger partial charge in [0.2, 0.25) is 5.91 Å². The van der Waals surface area contributed by atoms with E-state index >= 15 is 0 Å². The average Bonchev–Trinajstić information content (AvgIpc) is 2.85. The predicted molar refractivity (Wildman–Crippen MR) is 90.2 cm³/mol. The molecule has 2 aromatic rings. The summed E-state index contributed by atoms with van der Waals surface area (Å²) >= 11 is 0. The molecule has 22 heavy (non-hydrogen) atoms. The second kappa shape index (κ2) is 7.96. The molecular weight excluding hydrogens is 278 g/mol. The van der Waals surface area contributed by atoms with Crippen LogP contribution in [0.1, 0.15) is 13.8 Å². The number of ether oxygens (including phenoxy) is 1. The number of anilines is 1. The van der Waals surface area contributed by atoms with Crippen molar-refractivity contribution in [2.24, 2.45) is 5.92 Å². The summed E-state index contributed by atoms with van der Waals surface area (Å²) in [6, 6.07) is 8.11. The van der Waals surface area contributed by atoms with Crippen molar-refractivity contribution >= 4 is 22.5 Å². The zero-order chi connectivity index (χ0) is 15.9. The number of aromatic nitrogens is 1. The van der Waals surface area contributed by atoms with E-state index in [1.165, 1.54) is 5.52 Å². The number of methoxy groups -OCH3 is 1. The highest BCUT2D eigenvalue weighted by Crippen LogP contribution is 2.21. The summed E-state index contributed by atoms with van der Waals surface area (Å²) in [6.07, 6.45) is 2.10. The summed E-state index contributed by atoms with van der Waals surface area (Å²) in [5, 5.41) is 7.08. The van der Waals surface area contributed by atoms with Crippen LogP contribution in [0.15, 0.2) is 30.5 Å². The standard InChI is InChI=1S/C17H25N3O2/c1-13(2)12-20-8-6-14-10-15(4-5-16(14)20)19-17(21)11-18-7-9-22-3/h4-6,8,10,13,18H,7,9,11-12H2,1-3H3,(H,19,21). The molecule has 120 valence electrons. The van der Waals surface area contributed by atoms with E-state index in [9.17, 15) is 4.79 Å². The minimum absolute atomic E-state index is 0.0444. The highest BCUT2D eigenvalue weighted by molar-refractivity contribution is 5.95. The number of carbonyl (C=O) groups is 1. The van der Waals surface area contributed by atoms with Crippen molar-refractivity contribution in [3.63, 3.8) is 0 Å². The molecule has 0 spiro atoms. The normalized spacial score (nSPS) is 11.3. The summed E-state index contributed by atoms with van der Waals surface area (Å²) in [7, 11) is 1.64. The molecule has 0 aliphatic carbocycles. The van der Waals surface area contributed by atoms with Gasteiger partial charge in [-0.15, -0.1) is 0 Å². The lowest BCUT2D eigenvalue weighted by Crippen LogP contribution is -2.30. The molecule has 1 heterocycles.